The van der Waals surface area contributed by atoms with Crippen LogP contribution in [0, 0.1) is 5.82 Å². The molecular formula is C18H24ClFN2O4. The topological polar surface area (TPSA) is 76.7 Å². The first-order valence-electron chi connectivity index (χ1n) is 8.47. The zero-order chi connectivity index (χ0) is 19.3. The van der Waals surface area contributed by atoms with Crippen LogP contribution in [-0.4, -0.2) is 36.4 Å². The van der Waals surface area contributed by atoms with Gasteiger partial charge in [-0.2, -0.15) is 0 Å². The summed E-state index contributed by atoms with van der Waals surface area (Å²) in [7, 11) is 0. The van der Waals surface area contributed by atoms with Gasteiger partial charge in [0.25, 0.3) is 0 Å². The van der Waals surface area contributed by atoms with E-state index in [1.165, 1.54) is 12.1 Å². The third-order valence-corrected chi connectivity index (χ3v) is 4.05. The Morgan fingerprint density at radius 1 is 1.35 bits per heavy atom. The fraction of sp³-hybridized carbons (Fsp3) is 0.556. The van der Waals surface area contributed by atoms with E-state index >= 15 is 0 Å². The molecule has 1 aromatic rings. The highest BCUT2D eigenvalue weighted by Crippen LogP contribution is 2.17. The van der Waals surface area contributed by atoms with Crippen LogP contribution in [0.4, 0.5) is 9.18 Å². The van der Waals surface area contributed by atoms with Crippen LogP contribution in [0.3, 0.4) is 0 Å². The van der Waals surface area contributed by atoms with Gasteiger partial charge in [-0.1, -0.05) is 17.7 Å². The first kappa shape index (κ1) is 20.5. The van der Waals surface area contributed by atoms with Crippen molar-refractivity contribution in [2.45, 2.75) is 57.9 Å². The summed E-state index contributed by atoms with van der Waals surface area (Å²) in [5.41, 5.74) is 0.0453. The highest BCUT2D eigenvalue weighted by atomic mass is 35.5. The first-order valence-corrected chi connectivity index (χ1v) is 8.84. The molecule has 0 unspecified atom stereocenters. The van der Waals surface area contributed by atoms with Crippen molar-refractivity contribution < 1.29 is 23.5 Å². The number of rotatable bonds is 4. The predicted molar refractivity (Wildman–Crippen MR) is 95.4 cm³/mol. The summed E-state index contributed by atoms with van der Waals surface area (Å²) in [4.78, 5) is 23.9. The van der Waals surface area contributed by atoms with Gasteiger partial charge in [0, 0.05) is 6.54 Å². The number of benzene rings is 1. The van der Waals surface area contributed by atoms with Crippen LogP contribution in [0.25, 0.3) is 0 Å². The van der Waals surface area contributed by atoms with Gasteiger partial charge in [0.2, 0.25) is 5.91 Å². The first-order chi connectivity index (χ1) is 12.1. The van der Waals surface area contributed by atoms with Crippen LogP contribution in [0.1, 0.15) is 39.2 Å². The normalized spacial score (nSPS) is 20.3. The third-order valence-electron chi connectivity index (χ3n) is 3.74. The lowest BCUT2D eigenvalue weighted by molar-refractivity contribution is -0.136. The SMILES string of the molecule is CC(C)(C)OC(=O)N[C@@H]1CC[C@@H](C(=O)NCc2ccc(Cl)c(F)c2)OC1. The molecule has 0 bridgehead atoms. The van der Waals surface area contributed by atoms with Crippen LogP contribution in [0.2, 0.25) is 5.02 Å². The van der Waals surface area contributed by atoms with Crippen molar-refractivity contribution in [3.63, 3.8) is 0 Å². The van der Waals surface area contributed by atoms with Crippen LogP contribution in [0.15, 0.2) is 18.2 Å². The van der Waals surface area contributed by atoms with Gasteiger partial charge in [0.15, 0.2) is 0 Å². The molecule has 1 fully saturated rings. The average Bonchev–Trinajstić information content (AvgIpc) is 2.54. The van der Waals surface area contributed by atoms with Crippen molar-refractivity contribution in [1.29, 1.82) is 0 Å². The number of amides is 2. The van der Waals surface area contributed by atoms with Gasteiger partial charge < -0.3 is 20.1 Å². The fourth-order valence-corrected chi connectivity index (χ4v) is 2.62. The summed E-state index contributed by atoms with van der Waals surface area (Å²) in [6.07, 6.45) is -0.0173. The van der Waals surface area contributed by atoms with Crippen molar-refractivity contribution >= 4 is 23.6 Å². The maximum Gasteiger partial charge on any atom is 0.407 e. The molecule has 1 saturated heterocycles. The van der Waals surface area contributed by atoms with E-state index in [1.54, 1.807) is 26.8 Å². The molecule has 2 amide bonds. The van der Waals surface area contributed by atoms with Crippen LogP contribution in [-0.2, 0) is 20.8 Å². The largest absolute Gasteiger partial charge is 0.444 e. The van der Waals surface area contributed by atoms with Gasteiger partial charge in [0.1, 0.15) is 17.5 Å². The Kier molecular flexibility index (Phi) is 6.83. The summed E-state index contributed by atoms with van der Waals surface area (Å²) in [6, 6.07) is 4.18. The van der Waals surface area contributed by atoms with E-state index < -0.39 is 23.6 Å². The predicted octanol–water partition coefficient (Wildman–Crippen LogP) is 3.17. The molecule has 0 aromatic heterocycles. The van der Waals surface area contributed by atoms with Gasteiger partial charge in [-0.25, -0.2) is 9.18 Å². The Morgan fingerprint density at radius 3 is 2.65 bits per heavy atom. The summed E-state index contributed by atoms with van der Waals surface area (Å²) in [5, 5.41) is 5.49. The average molecular weight is 387 g/mol. The molecular weight excluding hydrogens is 363 g/mol. The molecule has 2 rings (SSSR count). The molecule has 0 saturated carbocycles. The second kappa shape index (κ2) is 8.68. The number of alkyl carbamates (subject to hydrolysis) is 1. The van der Waals surface area contributed by atoms with Crippen molar-refractivity contribution in [2.24, 2.45) is 0 Å². The maximum atomic E-state index is 13.4. The van der Waals surface area contributed by atoms with Crippen LogP contribution in [0.5, 0.6) is 0 Å². The molecule has 144 valence electrons. The summed E-state index contributed by atoms with van der Waals surface area (Å²) in [5.74, 6) is -0.792. The van der Waals surface area contributed by atoms with E-state index in [0.29, 0.717) is 18.4 Å². The highest BCUT2D eigenvalue weighted by Gasteiger charge is 2.28. The van der Waals surface area contributed by atoms with Gasteiger partial charge in [-0.3, -0.25) is 4.79 Å². The smallest absolute Gasteiger partial charge is 0.407 e. The zero-order valence-electron chi connectivity index (χ0n) is 15.1. The number of carbonyl (C=O) groups excluding carboxylic acids is 2. The third kappa shape index (κ3) is 6.46. The van der Waals surface area contributed by atoms with E-state index in [4.69, 9.17) is 21.1 Å². The Hall–Kier alpha value is -1.86. The van der Waals surface area contributed by atoms with Gasteiger partial charge in [-0.05, 0) is 51.3 Å². The number of ether oxygens (including phenoxy) is 2. The van der Waals surface area contributed by atoms with Gasteiger partial charge >= 0.3 is 6.09 Å². The molecule has 8 heteroatoms. The highest BCUT2D eigenvalue weighted by molar-refractivity contribution is 6.30. The standard InChI is InChI=1S/C18H24ClFN2O4/c1-18(2,3)26-17(24)22-12-5-7-15(25-10-12)16(23)21-9-11-4-6-13(19)14(20)8-11/h4,6,8,12,15H,5,7,9-10H2,1-3H3,(H,21,23)(H,22,24)/t12-,15+/m1/s1. The van der Waals surface area contributed by atoms with Crippen LogP contribution < -0.4 is 10.6 Å². The van der Waals surface area contributed by atoms with E-state index in [0.717, 1.165) is 0 Å². The molecule has 0 aliphatic carbocycles. The lowest BCUT2D eigenvalue weighted by atomic mass is 10.0. The van der Waals surface area contributed by atoms with Crippen molar-refractivity contribution in [2.75, 3.05) is 6.61 Å². The van der Waals surface area contributed by atoms with E-state index in [2.05, 4.69) is 10.6 Å². The Bertz CT molecular complexity index is 655. The van der Waals surface area contributed by atoms with E-state index in [1.807, 2.05) is 0 Å². The molecule has 1 heterocycles. The molecule has 1 aromatic carbocycles. The number of hydrogen-bond acceptors (Lipinski definition) is 4. The van der Waals surface area contributed by atoms with E-state index in [-0.39, 0.29) is 30.1 Å². The van der Waals surface area contributed by atoms with Gasteiger partial charge in [0.05, 0.1) is 17.7 Å². The lowest BCUT2D eigenvalue weighted by Crippen LogP contribution is -2.48. The minimum atomic E-state index is -0.594. The summed E-state index contributed by atoms with van der Waals surface area (Å²) in [6.45, 7) is 5.78. The maximum absolute atomic E-state index is 13.4. The molecule has 0 radical (unpaired) electrons. The summed E-state index contributed by atoms with van der Waals surface area (Å²) >= 11 is 5.63. The molecule has 2 atom stereocenters. The second-order valence-electron chi connectivity index (χ2n) is 7.21. The number of hydrogen-bond donors (Lipinski definition) is 2. The number of nitrogens with one attached hydrogen (secondary N) is 2. The molecule has 26 heavy (non-hydrogen) atoms. The molecule has 1 aliphatic heterocycles. The molecule has 0 spiro atoms. The van der Waals surface area contributed by atoms with Crippen LogP contribution >= 0.6 is 11.6 Å². The molecule has 2 N–H and O–H groups in total. The van der Waals surface area contributed by atoms with Gasteiger partial charge in [-0.15, -0.1) is 0 Å². The molecule has 1 aliphatic rings. The quantitative estimate of drug-likeness (QED) is 0.833. The van der Waals surface area contributed by atoms with Crippen molar-refractivity contribution in [3.8, 4) is 0 Å². The fourth-order valence-electron chi connectivity index (χ4n) is 2.50. The Morgan fingerprint density at radius 2 is 2.08 bits per heavy atom. The minimum Gasteiger partial charge on any atom is -0.444 e. The monoisotopic (exact) mass is 386 g/mol. The zero-order valence-corrected chi connectivity index (χ0v) is 15.9. The second-order valence-corrected chi connectivity index (χ2v) is 7.62. The number of halogens is 2. The Labute approximate surface area is 157 Å². The lowest BCUT2D eigenvalue weighted by Gasteiger charge is -2.29. The number of carbonyl (C=O) groups is 2. The Balaban J connectivity index is 1.74. The van der Waals surface area contributed by atoms with Crippen molar-refractivity contribution in [1.82, 2.24) is 10.6 Å². The summed E-state index contributed by atoms with van der Waals surface area (Å²) < 4.78 is 24.1. The molecule has 6 nitrogen and oxygen atoms in total. The van der Waals surface area contributed by atoms with E-state index in [9.17, 15) is 14.0 Å². The minimum absolute atomic E-state index is 0.0409. The van der Waals surface area contributed by atoms with Crippen molar-refractivity contribution in [3.05, 3.63) is 34.6 Å².